The van der Waals surface area contributed by atoms with E-state index in [1.54, 1.807) is 24.3 Å². The molecule has 90 valence electrons. The third-order valence-corrected chi connectivity index (χ3v) is 2.21. The van der Waals surface area contributed by atoms with Crippen molar-refractivity contribution in [3.05, 3.63) is 24.3 Å². The van der Waals surface area contributed by atoms with Crippen molar-refractivity contribution in [2.75, 3.05) is 13.2 Å². The maximum Gasteiger partial charge on any atom is 0.265 e. The van der Waals surface area contributed by atoms with E-state index in [2.05, 4.69) is 5.32 Å². The lowest BCUT2D eigenvalue weighted by Crippen LogP contribution is -2.47. The molecule has 2 rings (SSSR count). The Kier molecular flexibility index (Phi) is 3.13. The number of carboxylic acid groups (broad SMARTS) is 1. The Hall–Kier alpha value is -2.24. The molecule has 1 aromatic carbocycles. The summed E-state index contributed by atoms with van der Waals surface area (Å²) in [6.45, 7) is -0.490. The van der Waals surface area contributed by atoms with Crippen LogP contribution in [-0.2, 0) is 9.59 Å². The van der Waals surface area contributed by atoms with E-state index in [-0.39, 0.29) is 6.61 Å². The molecule has 0 radical (unpaired) electrons. The fourth-order valence-electron chi connectivity index (χ4n) is 1.42. The van der Waals surface area contributed by atoms with Gasteiger partial charge in [0.1, 0.15) is 6.61 Å². The molecule has 1 aliphatic heterocycles. The fraction of sp³-hybridized carbons (Fsp3) is 0.273. The third kappa shape index (κ3) is 2.66. The maximum atomic E-state index is 11.5. The molecule has 0 spiro atoms. The van der Waals surface area contributed by atoms with Crippen molar-refractivity contribution in [3.8, 4) is 11.5 Å². The summed E-state index contributed by atoms with van der Waals surface area (Å²) in [5.74, 6) is -0.858. The number of benzene rings is 1. The molecular formula is C11H10NO5-. The second-order valence-corrected chi connectivity index (χ2v) is 3.45. The summed E-state index contributed by atoms with van der Waals surface area (Å²) in [6.07, 6.45) is -0.843. The van der Waals surface area contributed by atoms with Gasteiger partial charge in [0, 0.05) is 0 Å². The number of ether oxygens (including phenoxy) is 2. The van der Waals surface area contributed by atoms with Crippen molar-refractivity contribution < 1.29 is 24.2 Å². The zero-order valence-corrected chi connectivity index (χ0v) is 8.84. The summed E-state index contributed by atoms with van der Waals surface area (Å²) >= 11 is 0. The Bertz CT molecular complexity index is 445. The first-order chi connectivity index (χ1) is 8.16. The molecule has 0 aliphatic carbocycles. The van der Waals surface area contributed by atoms with E-state index in [4.69, 9.17) is 9.47 Å². The molecule has 1 amide bonds. The number of amides is 1. The van der Waals surface area contributed by atoms with E-state index in [0.29, 0.717) is 11.5 Å². The van der Waals surface area contributed by atoms with Crippen LogP contribution in [0.15, 0.2) is 24.3 Å². The minimum atomic E-state index is -1.35. The lowest BCUT2D eigenvalue weighted by atomic mass is 10.2. The van der Waals surface area contributed by atoms with E-state index < -0.39 is 24.5 Å². The largest absolute Gasteiger partial charge is 0.548 e. The SMILES string of the molecule is O=C([O-])CNC(=O)[C@@H]1COc2ccccc2O1. The van der Waals surface area contributed by atoms with Crippen LogP contribution >= 0.6 is 0 Å². The van der Waals surface area contributed by atoms with E-state index in [9.17, 15) is 14.7 Å². The summed E-state index contributed by atoms with van der Waals surface area (Å²) < 4.78 is 10.7. The molecule has 0 fully saturated rings. The molecule has 6 nitrogen and oxygen atoms in total. The number of nitrogens with one attached hydrogen (secondary N) is 1. The number of hydrogen-bond acceptors (Lipinski definition) is 5. The molecule has 1 N–H and O–H groups in total. The van der Waals surface area contributed by atoms with Crippen molar-refractivity contribution in [3.63, 3.8) is 0 Å². The molecule has 1 heterocycles. The predicted octanol–water partition coefficient (Wildman–Crippen LogP) is -1.31. The Labute approximate surface area is 97.1 Å². The predicted molar refractivity (Wildman–Crippen MR) is 54.4 cm³/mol. The molecule has 0 unspecified atom stereocenters. The van der Waals surface area contributed by atoms with Gasteiger partial charge in [-0.1, -0.05) is 12.1 Å². The number of fused-ring (bicyclic) bond motifs is 1. The monoisotopic (exact) mass is 236 g/mol. The van der Waals surface area contributed by atoms with Crippen LogP contribution in [0.5, 0.6) is 11.5 Å². The lowest BCUT2D eigenvalue weighted by molar-refractivity contribution is -0.304. The van der Waals surface area contributed by atoms with Crippen molar-refractivity contribution in [1.29, 1.82) is 0 Å². The minimum Gasteiger partial charge on any atom is -0.548 e. The van der Waals surface area contributed by atoms with Crippen LogP contribution in [0.3, 0.4) is 0 Å². The van der Waals surface area contributed by atoms with Crippen LogP contribution in [-0.4, -0.2) is 31.1 Å². The summed E-state index contributed by atoms with van der Waals surface area (Å²) in [4.78, 5) is 21.7. The van der Waals surface area contributed by atoms with Crippen LogP contribution in [0.2, 0.25) is 0 Å². The van der Waals surface area contributed by atoms with Gasteiger partial charge in [-0.3, -0.25) is 4.79 Å². The zero-order chi connectivity index (χ0) is 12.3. The van der Waals surface area contributed by atoms with Gasteiger partial charge < -0.3 is 24.7 Å². The molecule has 1 aliphatic rings. The van der Waals surface area contributed by atoms with Gasteiger partial charge in [-0.2, -0.15) is 0 Å². The molecule has 17 heavy (non-hydrogen) atoms. The average molecular weight is 236 g/mol. The first-order valence-electron chi connectivity index (χ1n) is 5.03. The van der Waals surface area contributed by atoms with Crippen LogP contribution in [0.4, 0.5) is 0 Å². The van der Waals surface area contributed by atoms with Crippen LogP contribution < -0.4 is 19.9 Å². The normalized spacial score (nSPS) is 17.3. The smallest absolute Gasteiger partial charge is 0.265 e. The number of carboxylic acids is 1. The second-order valence-electron chi connectivity index (χ2n) is 3.45. The van der Waals surface area contributed by atoms with Gasteiger partial charge in [0.15, 0.2) is 11.5 Å². The van der Waals surface area contributed by atoms with Gasteiger partial charge in [-0.05, 0) is 12.1 Å². The fourth-order valence-corrected chi connectivity index (χ4v) is 1.42. The highest BCUT2D eigenvalue weighted by Gasteiger charge is 2.26. The third-order valence-electron chi connectivity index (χ3n) is 2.21. The Morgan fingerprint density at radius 3 is 2.76 bits per heavy atom. The minimum absolute atomic E-state index is 0.0515. The van der Waals surface area contributed by atoms with Gasteiger partial charge >= 0.3 is 0 Å². The Balaban J connectivity index is 1.97. The molecule has 6 heteroatoms. The van der Waals surface area contributed by atoms with Crippen molar-refractivity contribution in [1.82, 2.24) is 5.32 Å². The topological polar surface area (TPSA) is 87.7 Å². The molecule has 1 atom stereocenters. The highest BCUT2D eigenvalue weighted by atomic mass is 16.6. The zero-order valence-electron chi connectivity index (χ0n) is 8.84. The molecule has 0 saturated heterocycles. The van der Waals surface area contributed by atoms with Crippen LogP contribution in [0.1, 0.15) is 0 Å². The Morgan fingerprint density at radius 2 is 2.06 bits per heavy atom. The molecular weight excluding hydrogens is 226 g/mol. The number of hydrogen-bond donors (Lipinski definition) is 1. The van der Waals surface area contributed by atoms with Crippen molar-refractivity contribution in [2.45, 2.75) is 6.10 Å². The maximum absolute atomic E-state index is 11.5. The first-order valence-corrected chi connectivity index (χ1v) is 5.03. The standard InChI is InChI=1S/C11H11NO5/c13-10(14)5-12-11(15)9-6-16-7-3-1-2-4-8(7)17-9/h1-4,9H,5-6H2,(H,12,15)(H,13,14)/p-1/t9-/m0/s1. The van der Waals surface area contributed by atoms with Gasteiger partial charge in [0.2, 0.25) is 6.10 Å². The quantitative estimate of drug-likeness (QED) is 0.704. The second kappa shape index (κ2) is 4.73. The van der Waals surface area contributed by atoms with E-state index in [1.807, 2.05) is 0 Å². The lowest BCUT2D eigenvalue weighted by Gasteiger charge is -2.25. The van der Waals surface area contributed by atoms with Gasteiger partial charge in [-0.15, -0.1) is 0 Å². The highest BCUT2D eigenvalue weighted by molar-refractivity contribution is 5.84. The molecule has 1 aromatic rings. The number of aliphatic carboxylic acids is 1. The number of rotatable bonds is 3. The highest BCUT2D eigenvalue weighted by Crippen LogP contribution is 2.30. The van der Waals surface area contributed by atoms with Crippen LogP contribution in [0.25, 0.3) is 0 Å². The summed E-state index contributed by atoms with van der Waals surface area (Å²) in [5.41, 5.74) is 0. The van der Waals surface area contributed by atoms with Gasteiger partial charge in [0.25, 0.3) is 5.91 Å². The summed E-state index contributed by atoms with van der Waals surface area (Å²) in [6, 6.07) is 6.94. The van der Waals surface area contributed by atoms with E-state index in [0.717, 1.165) is 0 Å². The van der Waals surface area contributed by atoms with Crippen LogP contribution in [0, 0.1) is 0 Å². The van der Waals surface area contributed by atoms with E-state index in [1.165, 1.54) is 0 Å². The van der Waals surface area contributed by atoms with Crippen molar-refractivity contribution in [2.24, 2.45) is 0 Å². The summed E-state index contributed by atoms with van der Waals surface area (Å²) in [5, 5.41) is 12.4. The van der Waals surface area contributed by atoms with Gasteiger partial charge in [-0.25, -0.2) is 0 Å². The number of carbonyl (C=O) groups is 2. The Morgan fingerprint density at radius 1 is 1.35 bits per heavy atom. The van der Waals surface area contributed by atoms with Gasteiger partial charge in [0.05, 0.1) is 12.5 Å². The molecule has 0 bridgehead atoms. The summed E-state index contributed by atoms with van der Waals surface area (Å²) in [7, 11) is 0. The number of para-hydroxylation sites is 2. The van der Waals surface area contributed by atoms with E-state index >= 15 is 0 Å². The first kappa shape index (κ1) is 11.3. The molecule has 0 aromatic heterocycles. The van der Waals surface area contributed by atoms with Crippen molar-refractivity contribution >= 4 is 11.9 Å². The average Bonchev–Trinajstić information content (AvgIpc) is 2.35. The number of carbonyl (C=O) groups excluding carboxylic acids is 2. The molecule has 0 saturated carbocycles.